The summed E-state index contributed by atoms with van der Waals surface area (Å²) in [4.78, 5) is 23.9. The maximum absolute atomic E-state index is 12.1. The van der Waals surface area contributed by atoms with E-state index in [1.807, 2.05) is 30.3 Å². The van der Waals surface area contributed by atoms with Crippen molar-refractivity contribution in [2.24, 2.45) is 0 Å². The number of aryl methyl sites for hydroxylation is 1. The molecular formula is C18H18N4O5S. The molecule has 2 heterocycles. The fourth-order valence-corrected chi connectivity index (χ4v) is 2.79. The molecule has 0 saturated heterocycles. The summed E-state index contributed by atoms with van der Waals surface area (Å²) < 4.78 is 15.5. The highest BCUT2D eigenvalue weighted by molar-refractivity contribution is 8.01. The largest absolute Gasteiger partial charge is 0.455 e. The Hall–Kier alpha value is -3.14. The van der Waals surface area contributed by atoms with Crippen LogP contribution in [0.3, 0.4) is 0 Å². The highest BCUT2D eigenvalue weighted by Crippen LogP contribution is 2.18. The number of rotatable bonds is 8. The minimum Gasteiger partial charge on any atom is -0.455 e. The smallest absolute Gasteiger partial charge is 0.316 e. The second-order valence-electron chi connectivity index (χ2n) is 5.79. The molecule has 3 rings (SSSR count). The van der Waals surface area contributed by atoms with Crippen LogP contribution in [0.25, 0.3) is 11.5 Å². The van der Waals surface area contributed by atoms with E-state index in [0.29, 0.717) is 17.5 Å². The lowest BCUT2D eigenvalue weighted by Gasteiger charge is -2.09. The predicted octanol–water partition coefficient (Wildman–Crippen LogP) is 2.84. The summed E-state index contributed by atoms with van der Waals surface area (Å²) in [7, 11) is 0. The summed E-state index contributed by atoms with van der Waals surface area (Å²) in [5.74, 6) is 0.723. The Balaban J connectivity index is 1.41. The number of anilines is 1. The van der Waals surface area contributed by atoms with Crippen LogP contribution < -0.4 is 5.32 Å². The number of carbonyl (C=O) groups excluding carboxylic acids is 2. The molecule has 10 heteroatoms. The Morgan fingerprint density at radius 2 is 2.04 bits per heavy atom. The Bertz CT molecular complexity index is 940. The highest BCUT2D eigenvalue weighted by atomic mass is 32.2. The number of thioether (sulfide) groups is 1. The molecule has 1 N–H and O–H groups in total. The third kappa shape index (κ3) is 5.43. The molecule has 146 valence electrons. The monoisotopic (exact) mass is 402 g/mol. The van der Waals surface area contributed by atoms with E-state index >= 15 is 0 Å². The average molecular weight is 402 g/mol. The minimum atomic E-state index is -0.485. The molecule has 0 bridgehead atoms. The number of amides is 1. The first-order valence-corrected chi connectivity index (χ1v) is 9.45. The third-order valence-corrected chi connectivity index (χ3v) is 4.66. The van der Waals surface area contributed by atoms with Crippen molar-refractivity contribution in [3.63, 3.8) is 0 Å². The lowest BCUT2D eigenvalue weighted by molar-refractivity contribution is -0.142. The molecule has 0 aliphatic rings. The van der Waals surface area contributed by atoms with Crippen molar-refractivity contribution in [2.45, 2.75) is 25.7 Å². The van der Waals surface area contributed by atoms with E-state index in [1.54, 1.807) is 19.9 Å². The van der Waals surface area contributed by atoms with Crippen molar-refractivity contribution in [3.8, 4) is 11.5 Å². The van der Waals surface area contributed by atoms with Gasteiger partial charge in [-0.15, -0.1) is 22.0 Å². The molecule has 28 heavy (non-hydrogen) atoms. The SMILES string of the molecule is Cc1cc(NC(=O)[C@H](C)SCC(=O)OCc2nnc(-c3ccccc3)o2)no1. The van der Waals surface area contributed by atoms with E-state index in [-0.39, 0.29) is 24.2 Å². The molecule has 0 aliphatic heterocycles. The number of benzene rings is 1. The van der Waals surface area contributed by atoms with Gasteiger partial charge >= 0.3 is 5.97 Å². The topological polar surface area (TPSA) is 120 Å². The van der Waals surface area contributed by atoms with Crippen LogP contribution in [-0.2, 0) is 20.9 Å². The van der Waals surface area contributed by atoms with Gasteiger partial charge in [-0.05, 0) is 26.0 Å². The molecular weight excluding hydrogens is 384 g/mol. The van der Waals surface area contributed by atoms with Gasteiger partial charge in [0.2, 0.25) is 11.8 Å². The second-order valence-corrected chi connectivity index (χ2v) is 7.12. The molecule has 0 aliphatic carbocycles. The third-order valence-electron chi connectivity index (χ3n) is 3.54. The van der Waals surface area contributed by atoms with Crippen molar-refractivity contribution < 1.29 is 23.3 Å². The first-order valence-electron chi connectivity index (χ1n) is 8.40. The van der Waals surface area contributed by atoms with Gasteiger partial charge in [0.05, 0.1) is 11.0 Å². The van der Waals surface area contributed by atoms with E-state index in [2.05, 4.69) is 20.7 Å². The first kappa shape index (κ1) is 19.6. The number of hydrogen-bond donors (Lipinski definition) is 1. The van der Waals surface area contributed by atoms with Crippen molar-refractivity contribution in [3.05, 3.63) is 48.0 Å². The zero-order chi connectivity index (χ0) is 19.9. The minimum absolute atomic E-state index is 0.00606. The van der Waals surface area contributed by atoms with E-state index < -0.39 is 11.2 Å². The van der Waals surface area contributed by atoms with Crippen molar-refractivity contribution in [1.29, 1.82) is 0 Å². The number of aromatic nitrogens is 3. The Labute approximate surface area is 164 Å². The average Bonchev–Trinajstić information content (AvgIpc) is 3.34. The summed E-state index contributed by atoms with van der Waals surface area (Å²) in [5, 5.41) is 13.6. The van der Waals surface area contributed by atoms with Gasteiger partial charge in [-0.1, -0.05) is 23.4 Å². The summed E-state index contributed by atoms with van der Waals surface area (Å²) in [5.41, 5.74) is 0.783. The van der Waals surface area contributed by atoms with E-state index in [9.17, 15) is 9.59 Å². The van der Waals surface area contributed by atoms with Crippen LogP contribution in [0.1, 0.15) is 18.6 Å². The van der Waals surface area contributed by atoms with Crippen molar-refractivity contribution >= 4 is 29.5 Å². The standard InChI is InChI=1S/C18H18N4O5S/c1-11-8-14(22-27-11)19-17(24)12(2)28-10-16(23)25-9-15-20-21-18(26-15)13-6-4-3-5-7-13/h3-8,12H,9-10H2,1-2H3,(H,19,22,24)/t12-/m0/s1. The number of carbonyl (C=O) groups is 2. The van der Waals surface area contributed by atoms with Crippen molar-refractivity contribution in [1.82, 2.24) is 15.4 Å². The molecule has 1 atom stereocenters. The molecule has 1 aromatic carbocycles. The maximum Gasteiger partial charge on any atom is 0.316 e. The molecule has 2 aromatic heterocycles. The number of hydrogen-bond acceptors (Lipinski definition) is 9. The van der Waals surface area contributed by atoms with Gasteiger partial charge in [0.25, 0.3) is 5.89 Å². The lowest BCUT2D eigenvalue weighted by Crippen LogP contribution is -2.24. The van der Waals surface area contributed by atoms with E-state index in [0.717, 1.165) is 17.3 Å². The van der Waals surface area contributed by atoms with Crippen LogP contribution in [0.2, 0.25) is 0 Å². The van der Waals surface area contributed by atoms with Crippen molar-refractivity contribution in [2.75, 3.05) is 11.1 Å². The fourth-order valence-electron chi connectivity index (χ4n) is 2.12. The van der Waals surface area contributed by atoms with Gasteiger partial charge in [-0.25, -0.2) is 0 Å². The fraction of sp³-hybridized carbons (Fsp3) is 0.278. The zero-order valence-electron chi connectivity index (χ0n) is 15.2. The van der Waals surface area contributed by atoms with Crippen LogP contribution in [-0.4, -0.2) is 38.2 Å². The first-order chi connectivity index (χ1) is 13.5. The Morgan fingerprint density at radius 1 is 1.25 bits per heavy atom. The predicted molar refractivity (Wildman–Crippen MR) is 101 cm³/mol. The molecule has 0 spiro atoms. The number of nitrogens with one attached hydrogen (secondary N) is 1. The van der Waals surface area contributed by atoms with Gasteiger partial charge in [0, 0.05) is 11.6 Å². The molecule has 1 amide bonds. The van der Waals surface area contributed by atoms with E-state index in [4.69, 9.17) is 13.7 Å². The van der Waals surface area contributed by atoms with Crippen LogP contribution >= 0.6 is 11.8 Å². The van der Waals surface area contributed by atoms with Gasteiger partial charge in [0.15, 0.2) is 12.4 Å². The summed E-state index contributed by atoms with van der Waals surface area (Å²) in [6.45, 7) is 3.28. The number of nitrogens with zero attached hydrogens (tertiary/aromatic N) is 3. The zero-order valence-corrected chi connectivity index (χ0v) is 16.1. The van der Waals surface area contributed by atoms with Crippen LogP contribution in [0.15, 0.2) is 45.3 Å². The van der Waals surface area contributed by atoms with Gasteiger partial charge < -0.3 is 19.0 Å². The van der Waals surface area contributed by atoms with Crippen LogP contribution in [0.4, 0.5) is 5.82 Å². The summed E-state index contributed by atoms with van der Waals surface area (Å²) >= 11 is 1.14. The highest BCUT2D eigenvalue weighted by Gasteiger charge is 2.18. The van der Waals surface area contributed by atoms with Crippen LogP contribution in [0, 0.1) is 6.92 Å². The molecule has 0 fully saturated rings. The maximum atomic E-state index is 12.1. The lowest BCUT2D eigenvalue weighted by atomic mass is 10.2. The molecule has 0 saturated carbocycles. The second kappa shape index (κ2) is 9.18. The quantitative estimate of drug-likeness (QED) is 0.567. The Morgan fingerprint density at radius 3 is 2.75 bits per heavy atom. The van der Waals surface area contributed by atoms with Gasteiger partial charge in [-0.2, -0.15) is 0 Å². The van der Waals surface area contributed by atoms with Gasteiger partial charge in [-0.3, -0.25) is 9.59 Å². The molecule has 3 aromatic rings. The number of ether oxygens (including phenoxy) is 1. The van der Waals surface area contributed by atoms with Gasteiger partial charge in [0.1, 0.15) is 5.76 Å². The Kier molecular flexibility index (Phi) is 6.43. The number of esters is 1. The normalized spacial score (nSPS) is 11.8. The molecule has 0 radical (unpaired) electrons. The summed E-state index contributed by atoms with van der Waals surface area (Å²) in [6, 6.07) is 10.9. The molecule has 9 nitrogen and oxygen atoms in total. The molecule has 0 unspecified atom stereocenters. The van der Waals surface area contributed by atoms with E-state index in [1.165, 1.54) is 0 Å². The van der Waals surface area contributed by atoms with Crippen LogP contribution in [0.5, 0.6) is 0 Å². The summed E-state index contributed by atoms with van der Waals surface area (Å²) in [6.07, 6.45) is 0.